The first kappa shape index (κ1) is 15.6. The van der Waals surface area contributed by atoms with Crippen LogP contribution < -0.4 is 0 Å². The van der Waals surface area contributed by atoms with E-state index in [9.17, 15) is 18.5 Å². The van der Waals surface area contributed by atoms with Gasteiger partial charge >= 0.3 is 0 Å². The van der Waals surface area contributed by atoms with Crippen LogP contribution in [0.4, 0.5) is 5.69 Å². The quantitative estimate of drug-likeness (QED) is 0.614. The van der Waals surface area contributed by atoms with Gasteiger partial charge in [-0.3, -0.25) is 10.1 Å². The molecule has 0 aromatic heterocycles. The maximum Gasteiger partial charge on any atom is 0.273 e. The highest BCUT2D eigenvalue weighted by Crippen LogP contribution is 2.27. The number of rotatable bonds is 5. The fraction of sp³-hybridized carbons (Fsp3) is 0.500. The van der Waals surface area contributed by atoms with Gasteiger partial charge in [-0.05, 0) is 25.5 Å². The lowest BCUT2D eigenvalue weighted by Gasteiger charge is -2.19. The minimum Gasteiger partial charge on any atom is -0.258 e. The van der Waals surface area contributed by atoms with Gasteiger partial charge in [-0.25, -0.2) is 8.42 Å². The molecule has 1 aromatic rings. The van der Waals surface area contributed by atoms with Gasteiger partial charge in [0.15, 0.2) is 0 Å². The van der Waals surface area contributed by atoms with Gasteiger partial charge in [-0.15, -0.1) is 0 Å². The molecule has 7 heteroatoms. The Morgan fingerprint density at radius 2 is 1.74 bits per heavy atom. The number of benzene rings is 1. The van der Waals surface area contributed by atoms with Gasteiger partial charge in [0.05, 0.1) is 9.82 Å². The second kappa shape index (κ2) is 5.66. The molecule has 0 saturated heterocycles. The molecule has 0 fully saturated rings. The monoisotopic (exact) mass is 286 g/mol. The highest BCUT2D eigenvalue weighted by Gasteiger charge is 2.25. The van der Waals surface area contributed by atoms with Crippen LogP contribution in [-0.4, -0.2) is 30.7 Å². The summed E-state index contributed by atoms with van der Waals surface area (Å²) in [5, 5.41) is 11.0. The zero-order chi connectivity index (χ0) is 14.8. The lowest BCUT2D eigenvalue weighted by atomic mass is 10.1. The normalized spacial score (nSPS) is 11.8. The van der Waals surface area contributed by atoms with Crippen molar-refractivity contribution in [2.24, 2.45) is 0 Å². The van der Waals surface area contributed by atoms with Crippen LogP contribution in [0.15, 0.2) is 17.0 Å². The molecule has 19 heavy (non-hydrogen) atoms. The highest BCUT2D eigenvalue weighted by atomic mass is 32.2. The van der Waals surface area contributed by atoms with Crippen molar-refractivity contribution in [1.29, 1.82) is 0 Å². The fourth-order valence-electron chi connectivity index (χ4n) is 1.86. The first-order chi connectivity index (χ1) is 8.75. The molecule has 0 radical (unpaired) electrons. The molecular formula is C12H18N2O4S. The number of hydrogen-bond acceptors (Lipinski definition) is 4. The fourth-order valence-corrected chi connectivity index (χ4v) is 3.42. The van der Waals surface area contributed by atoms with Crippen LogP contribution in [0.3, 0.4) is 0 Å². The molecular weight excluding hydrogens is 268 g/mol. The van der Waals surface area contributed by atoms with Gasteiger partial charge in [0.25, 0.3) is 5.69 Å². The summed E-state index contributed by atoms with van der Waals surface area (Å²) in [6.07, 6.45) is 0. The maximum absolute atomic E-state index is 12.3. The molecule has 1 aromatic carbocycles. The van der Waals surface area contributed by atoms with Gasteiger partial charge in [0.1, 0.15) is 0 Å². The standard InChI is InChI=1S/C12H18N2O4S/c1-5-13(6-2)19(17,18)11-7-9(3)10(4)12(8-11)14(15)16/h7-8H,5-6H2,1-4H3. The average molecular weight is 286 g/mol. The summed E-state index contributed by atoms with van der Waals surface area (Å²) < 4.78 is 26.0. The van der Waals surface area contributed by atoms with Crippen LogP contribution in [0.5, 0.6) is 0 Å². The zero-order valence-corrected chi connectivity index (χ0v) is 12.3. The largest absolute Gasteiger partial charge is 0.273 e. The molecule has 0 aliphatic rings. The summed E-state index contributed by atoms with van der Waals surface area (Å²) in [5.74, 6) is 0. The Labute approximate surface area is 113 Å². The van der Waals surface area contributed by atoms with Crippen molar-refractivity contribution in [1.82, 2.24) is 4.31 Å². The predicted molar refractivity (Wildman–Crippen MR) is 72.7 cm³/mol. The molecule has 0 unspecified atom stereocenters. The van der Waals surface area contributed by atoms with Crippen molar-refractivity contribution in [2.75, 3.05) is 13.1 Å². The zero-order valence-electron chi connectivity index (χ0n) is 11.5. The highest BCUT2D eigenvalue weighted by molar-refractivity contribution is 7.89. The van der Waals surface area contributed by atoms with Crippen LogP contribution in [0.1, 0.15) is 25.0 Å². The molecule has 0 spiro atoms. The van der Waals surface area contributed by atoms with E-state index in [0.717, 1.165) is 6.07 Å². The van der Waals surface area contributed by atoms with Crippen molar-refractivity contribution in [3.63, 3.8) is 0 Å². The van der Waals surface area contributed by atoms with E-state index in [-0.39, 0.29) is 10.6 Å². The Kier molecular flexibility index (Phi) is 4.65. The molecule has 0 bridgehead atoms. The summed E-state index contributed by atoms with van der Waals surface area (Å²) in [7, 11) is -3.67. The second-order valence-electron chi connectivity index (χ2n) is 4.23. The third kappa shape index (κ3) is 2.93. The lowest BCUT2D eigenvalue weighted by molar-refractivity contribution is -0.385. The molecule has 0 N–H and O–H groups in total. The van der Waals surface area contributed by atoms with E-state index in [1.54, 1.807) is 27.7 Å². The number of nitrogens with zero attached hydrogens (tertiary/aromatic N) is 2. The van der Waals surface area contributed by atoms with Crippen LogP contribution in [0, 0.1) is 24.0 Å². The molecule has 1 rings (SSSR count). The van der Waals surface area contributed by atoms with E-state index >= 15 is 0 Å². The molecule has 0 aliphatic heterocycles. The Balaban J connectivity index is 3.49. The number of hydrogen-bond donors (Lipinski definition) is 0. The minimum atomic E-state index is -3.67. The van der Waals surface area contributed by atoms with Crippen LogP contribution >= 0.6 is 0 Å². The molecule has 6 nitrogen and oxygen atoms in total. The summed E-state index contributed by atoms with van der Waals surface area (Å²) in [6, 6.07) is 2.62. The van der Waals surface area contributed by atoms with Gasteiger partial charge in [-0.1, -0.05) is 13.8 Å². The van der Waals surface area contributed by atoms with Crippen molar-refractivity contribution >= 4 is 15.7 Å². The van der Waals surface area contributed by atoms with Crippen molar-refractivity contribution in [2.45, 2.75) is 32.6 Å². The van der Waals surface area contributed by atoms with Gasteiger partial charge in [-0.2, -0.15) is 4.31 Å². The molecule has 0 saturated carbocycles. The Morgan fingerprint density at radius 3 is 2.16 bits per heavy atom. The topological polar surface area (TPSA) is 80.5 Å². The number of aryl methyl sites for hydroxylation is 1. The SMILES string of the molecule is CCN(CC)S(=O)(=O)c1cc(C)c(C)c([N+](=O)[O-])c1. The van der Waals surface area contributed by atoms with E-state index in [1.165, 1.54) is 10.4 Å². The maximum atomic E-state index is 12.3. The predicted octanol–water partition coefficient (Wildman–Crippen LogP) is 2.24. The van der Waals surface area contributed by atoms with Crippen molar-refractivity contribution in [3.05, 3.63) is 33.4 Å². The first-order valence-electron chi connectivity index (χ1n) is 6.01. The number of sulfonamides is 1. The summed E-state index contributed by atoms with van der Waals surface area (Å²) in [6.45, 7) is 7.41. The summed E-state index contributed by atoms with van der Waals surface area (Å²) >= 11 is 0. The summed E-state index contributed by atoms with van der Waals surface area (Å²) in [5.41, 5.74) is 0.925. The number of nitro groups is 1. The van der Waals surface area contributed by atoms with E-state index < -0.39 is 14.9 Å². The van der Waals surface area contributed by atoms with Gasteiger partial charge in [0.2, 0.25) is 10.0 Å². The first-order valence-corrected chi connectivity index (χ1v) is 7.45. The Bertz CT molecular complexity index is 592. The lowest BCUT2D eigenvalue weighted by Crippen LogP contribution is -2.30. The third-order valence-electron chi connectivity index (χ3n) is 3.15. The molecule has 0 amide bonds. The minimum absolute atomic E-state index is 0.0222. The average Bonchev–Trinajstić information content (AvgIpc) is 2.33. The molecule has 0 aliphatic carbocycles. The Morgan fingerprint density at radius 1 is 1.21 bits per heavy atom. The third-order valence-corrected chi connectivity index (χ3v) is 5.18. The van der Waals surface area contributed by atoms with E-state index in [1.807, 2.05) is 0 Å². The van der Waals surface area contributed by atoms with E-state index in [0.29, 0.717) is 24.2 Å². The Hall–Kier alpha value is -1.47. The molecule has 0 heterocycles. The number of nitro benzene ring substituents is 1. The van der Waals surface area contributed by atoms with Crippen LogP contribution in [-0.2, 0) is 10.0 Å². The van der Waals surface area contributed by atoms with E-state index in [4.69, 9.17) is 0 Å². The van der Waals surface area contributed by atoms with Crippen molar-refractivity contribution < 1.29 is 13.3 Å². The summed E-state index contributed by atoms with van der Waals surface area (Å²) in [4.78, 5) is 10.4. The van der Waals surface area contributed by atoms with Gasteiger partial charge < -0.3 is 0 Å². The smallest absolute Gasteiger partial charge is 0.258 e. The van der Waals surface area contributed by atoms with Crippen LogP contribution in [0.2, 0.25) is 0 Å². The van der Waals surface area contributed by atoms with Crippen LogP contribution in [0.25, 0.3) is 0 Å². The van der Waals surface area contributed by atoms with Gasteiger partial charge in [0, 0.05) is 24.7 Å². The molecule has 0 atom stereocenters. The van der Waals surface area contributed by atoms with Crippen molar-refractivity contribution in [3.8, 4) is 0 Å². The van der Waals surface area contributed by atoms with E-state index in [2.05, 4.69) is 0 Å². The second-order valence-corrected chi connectivity index (χ2v) is 6.17. The molecule has 106 valence electrons.